The molecular formula is C20H29BO3. The summed E-state index contributed by atoms with van der Waals surface area (Å²) in [5.74, 6) is 3.30. The van der Waals surface area contributed by atoms with E-state index in [1.54, 1.807) is 7.11 Å². The maximum absolute atomic E-state index is 6.35. The van der Waals surface area contributed by atoms with E-state index in [0.717, 1.165) is 17.6 Å². The molecule has 0 spiro atoms. The molecule has 2 saturated carbocycles. The molecule has 2 bridgehead atoms. The fourth-order valence-electron chi connectivity index (χ4n) is 4.82. The van der Waals surface area contributed by atoms with Gasteiger partial charge < -0.3 is 14.0 Å². The van der Waals surface area contributed by atoms with Gasteiger partial charge in [-0.1, -0.05) is 12.5 Å². The molecule has 2 aliphatic carbocycles. The van der Waals surface area contributed by atoms with Gasteiger partial charge in [-0.2, -0.15) is 0 Å². The van der Waals surface area contributed by atoms with Crippen molar-refractivity contribution >= 4 is 12.6 Å². The zero-order chi connectivity index (χ0) is 17.1. The van der Waals surface area contributed by atoms with Crippen LogP contribution in [0.25, 0.3) is 0 Å². The van der Waals surface area contributed by atoms with E-state index in [1.165, 1.54) is 36.7 Å². The van der Waals surface area contributed by atoms with Crippen LogP contribution in [0.3, 0.4) is 0 Å². The number of methoxy groups -OCH3 is 1. The second-order valence-corrected chi connectivity index (χ2v) is 8.86. The number of hydrogen-bond donors (Lipinski definition) is 0. The lowest BCUT2D eigenvalue weighted by molar-refractivity contribution is 0.00578. The number of ether oxygens (including phenoxy) is 1. The molecule has 3 unspecified atom stereocenters. The Morgan fingerprint density at radius 1 is 1.04 bits per heavy atom. The van der Waals surface area contributed by atoms with Gasteiger partial charge in [0.2, 0.25) is 0 Å². The van der Waals surface area contributed by atoms with Crippen molar-refractivity contribution in [3.05, 3.63) is 23.8 Å². The first-order valence-corrected chi connectivity index (χ1v) is 9.34. The largest absolute Gasteiger partial charge is 0.497 e. The fraction of sp³-hybridized carbons (Fsp3) is 0.700. The predicted octanol–water partition coefficient (Wildman–Crippen LogP) is 3.90. The van der Waals surface area contributed by atoms with E-state index in [0.29, 0.717) is 5.92 Å². The molecule has 0 radical (unpaired) electrons. The molecule has 1 saturated heterocycles. The van der Waals surface area contributed by atoms with Gasteiger partial charge in [-0.3, -0.25) is 0 Å². The van der Waals surface area contributed by atoms with Gasteiger partial charge >= 0.3 is 7.12 Å². The average molecular weight is 328 g/mol. The number of rotatable bonds is 3. The molecule has 1 aromatic carbocycles. The lowest BCUT2D eigenvalue weighted by Gasteiger charge is -2.32. The molecule has 4 heteroatoms. The molecule has 0 aromatic heterocycles. The van der Waals surface area contributed by atoms with Crippen LogP contribution < -0.4 is 10.2 Å². The second-order valence-electron chi connectivity index (χ2n) is 8.86. The zero-order valence-corrected chi connectivity index (χ0v) is 15.6. The summed E-state index contributed by atoms with van der Waals surface area (Å²) in [5.41, 5.74) is 1.96. The van der Waals surface area contributed by atoms with Gasteiger partial charge in [0.05, 0.1) is 18.3 Å². The van der Waals surface area contributed by atoms with Gasteiger partial charge in [0.1, 0.15) is 5.75 Å². The third-order valence-corrected chi connectivity index (χ3v) is 6.94. The van der Waals surface area contributed by atoms with Gasteiger partial charge in [-0.05, 0) is 87.9 Å². The molecule has 1 heterocycles. The topological polar surface area (TPSA) is 27.7 Å². The Labute approximate surface area is 146 Å². The van der Waals surface area contributed by atoms with Crippen molar-refractivity contribution in [3.8, 4) is 5.75 Å². The van der Waals surface area contributed by atoms with E-state index < -0.39 is 0 Å². The molecule has 3 nitrogen and oxygen atoms in total. The molecule has 3 fully saturated rings. The first-order chi connectivity index (χ1) is 11.3. The summed E-state index contributed by atoms with van der Waals surface area (Å²) < 4.78 is 18.2. The minimum atomic E-state index is -0.313. The molecule has 1 aliphatic heterocycles. The van der Waals surface area contributed by atoms with Crippen LogP contribution in [-0.4, -0.2) is 25.4 Å². The van der Waals surface area contributed by atoms with Crippen LogP contribution in [-0.2, 0) is 9.31 Å². The van der Waals surface area contributed by atoms with Gasteiger partial charge in [-0.15, -0.1) is 0 Å². The summed E-state index contributed by atoms with van der Waals surface area (Å²) in [7, 11) is 1.42. The fourth-order valence-corrected chi connectivity index (χ4v) is 4.82. The summed E-state index contributed by atoms with van der Waals surface area (Å²) in [6, 6.07) is 6.48. The van der Waals surface area contributed by atoms with Crippen LogP contribution in [0, 0.1) is 11.8 Å². The minimum absolute atomic E-state index is 0.306. The maximum atomic E-state index is 6.35. The monoisotopic (exact) mass is 328 g/mol. The van der Waals surface area contributed by atoms with E-state index in [1.807, 2.05) is 0 Å². The highest BCUT2D eigenvalue weighted by Crippen LogP contribution is 2.53. The van der Waals surface area contributed by atoms with Crippen LogP contribution in [0.5, 0.6) is 5.75 Å². The van der Waals surface area contributed by atoms with Gasteiger partial charge in [-0.25, -0.2) is 0 Å². The first kappa shape index (κ1) is 16.5. The highest BCUT2D eigenvalue weighted by Gasteiger charge is 2.53. The maximum Gasteiger partial charge on any atom is 0.495 e. The lowest BCUT2D eigenvalue weighted by atomic mass is 9.70. The van der Waals surface area contributed by atoms with E-state index in [9.17, 15) is 0 Å². The Morgan fingerprint density at radius 2 is 1.75 bits per heavy atom. The Kier molecular flexibility index (Phi) is 3.78. The standard InChI is InChI=1S/C20H29BO3/c1-19(2)20(3,4)24-21(23-19)18-12-15(22-5)8-9-16(18)17-11-13-6-7-14(17)10-13/h8-9,12-14,17H,6-7,10-11H2,1-5H3. The summed E-state index contributed by atoms with van der Waals surface area (Å²) >= 11 is 0. The summed E-state index contributed by atoms with van der Waals surface area (Å²) in [5, 5.41) is 0. The van der Waals surface area contributed by atoms with Gasteiger partial charge in [0.25, 0.3) is 0 Å². The van der Waals surface area contributed by atoms with Gasteiger partial charge in [0, 0.05) is 0 Å². The quantitative estimate of drug-likeness (QED) is 0.788. The molecule has 130 valence electrons. The van der Waals surface area contributed by atoms with Crippen molar-refractivity contribution in [1.82, 2.24) is 0 Å². The van der Waals surface area contributed by atoms with E-state index in [4.69, 9.17) is 14.0 Å². The summed E-state index contributed by atoms with van der Waals surface area (Å²) in [6.07, 6.45) is 5.52. The molecule has 3 atom stereocenters. The van der Waals surface area contributed by atoms with Crippen molar-refractivity contribution < 1.29 is 14.0 Å². The van der Waals surface area contributed by atoms with E-state index in [-0.39, 0.29) is 18.3 Å². The van der Waals surface area contributed by atoms with Crippen molar-refractivity contribution in [3.63, 3.8) is 0 Å². The lowest BCUT2D eigenvalue weighted by Crippen LogP contribution is -2.41. The average Bonchev–Trinajstić information content (AvgIpc) is 3.20. The SMILES string of the molecule is COc1ccc(C2CC3CCC2C3)c(B2OC(C)(C)C(C)(C)O2)c1. The van der Waals surface area contributed by atoms with Crippen LogP contribution in [0.15, 0.2) is 18.2 Å². The normalized spacial score (nSPS) is 33.2. The Bertz CT molecular complexity index is 624. The molecule has 0 amide bonds. The summed E-state index contributed by atoms with van der Waals surface area (Å²) in [6.45, 7) is 8.46. The number of fused-ring (bicyclic) bond motifs is 2. The second kappa shape index (κ2) is 5.50. The third-order valence-electron chi connectivity index (χ3n) is 6.94. The van der Waals surface area contributed by atoms with Crippen LogP contribution in [0.4, 0.5) is 0 Å². The van der Waals surface area contributed by atoms with Crippen LogP contribution in [0.1, 0.15) is 64.9 Å². The molecule has 3 aliphatic rings. The highest BCUT2D eigenvalue weighted by atomic mass is 16.7. The molecular weight excluding hydrogens is 299 g/mol. The van der Waals surface area contributed by atoms with E-state index >= 15 is 0 Å². The van der Waals surface area contributed by atoms with Crippen molar-refractivity contribution in [2.24, 2.45) is 11.8 Å². The molecule has 24 heavy (non-hydrogen) atoms. The van der Waals surface area contributed by atoms with Crippen molar-refractivity contribution in [2.75, 3.05) is 7.11 Å². The summed E-state index contributed by atoms with van der Waals surface area (Å²) in [4.78, 5) is 0. The molecule has 4 rings (SSSR count). The molecule has 1 aromatic rings. The minimum Gasteiger partial charge on any atom is -0.497 e. The number of benzene rings is 1. The van der Waals surface area contributed by atoms with Crippen LogP contribution >= 0.6 is 0 Å². The zero-order valence-electron chi connectivity index (χ0n) is 15.6. The van der Waals surface area contributed by atoms with E-state index in [2.05, 4.69) is 45.9 Å². The smallest absolute Gasteiger partial charge is 0.495 e. The Balaban J connectivity index is 1.71. The Hall–Kier alpha value is -0.995. The van der Waals surface area contributed by atoms with Gasteiger partial charge in [0.15, 0.2) is 0 Å². The van der Waals surface area contributed by atoms with Crippen LogP contribution in [0.2, 0.25) is 0 Å². The highest BCUT2D eigenvalue weighted by molar-refractivity contribution is 6.62. The number of hydrogen-bond acceptors (Lipinski definition) is 3. The Morgan fingerprint density at radius 3 is 2.29 bits per heavy atom. The van der Waals surface area contributed by atoms with Crippen molar-refractivity contribution in [2.45, 2.75) is 70.5 Å². The first-order valence-electron chi connectivity index (χ1n) is 9.34. The predicted molar refractivity (Wildman–Crippen MR) is 96.9 cm³/mol. The third kappa shape index (κ3) is 2.50. The van der Waals surface area contributed by atoms with Crippen molar-refractivity contribution in [1.29, 1.82) is 0 Å². The molecule has 0 N–H and O–H groups in total.